The molecule has 0 heterocycles. The molecule has 0 aliphatic heterocycles. The van der Waals surface area contributed by atoms with Crippen LogP contribution in [0.1, 0.15) is 38.5 Å². The van der Waals surface area contributed by atoms with E-state index in [0.717, 1.165) is 0 Å². The Hall–Kier alpha value is -0.120. The monoisotopic (exact) mass is 199 g/mol. The molecule has 0 amide bonds. The van der Waals surface area contributed by atoms with Gasteiger partial charge in [-0.2, -0.15) is 0 Å². The summed E-state index contributed by atoms with van der Waals surface area (Å²) >= 11 is 0. The van der Waals surface area contributed by atoms with Crippen molar-refractivity contribution in [1.82, 2.24) is 0 Å². The fourth-order valence-corrected chi connectivity index (χ4v) is 1.64. The first-order valence-electron chi connectivity index (χ1n) is 5.83. The second-order valence-electron chi connectivity index (χ2n) is 4.53. The van der Waals surface area contributed by atoms with E-state index in [9.17, 15) is 0 Å². The highest BCUT2D eigenvalue weighted by Crippen LogP contribution is 2.23. The van der Waals surface area contributed by atoms with Crippen molar-refractivity contribution in [3.05, 3.63) is 0 Å². The van der Waals surface area contributed by atoms with Crippen LogP contribution in [0.15, 0.2) is 0 Å². The predicted molar refractivity (Wildman–Crippen MR) is 55.2 cm³/mol. The number of rotatable bonds is 6. The zero-order valence-electron chi connectivity index (χ0n) is 8.78. The van der Waals surface area contributed by atoms with Crippen LogP contribution < -0.4 is 5.73 Å². The van der Waals surface area contributed by atoms with E-state index in [1.165, 1.54) is 38.5 Å². The minimum Gasteiger partial charge on any atom is -0.377 e. The molecule has 3 heteroatoms. The van der Waals surface area contributed by atoms with Crippen LogP contribution in [0.25, 0.3) is 0 Å². The summed E-state index contributed by atoms with van der Waals surface area (Å²) in [5.74, 6) is 0. The summed E-state index contributed by atoms with van der Waals surface area (Å²) < 4.78 is 11.2. The summed E-state index contributed by atoms with van der Waals surface area (Å²) in [6.45, 7) is 1.33. The first kappa shape index (κ1) is 10.4. The summed E-state index contributed by atoms with van der Waals surface area (Å²) in [7, 11) is 0. The first-order valence-corrected chi connectivity index (χ1v) is 5.83. The van der Waals surface area contributed by atoms with Gasteiger partial charge in [-0.05, 0) is 38.5 Å². The minimum absolute atomic E-state index is 0.0659. The van der Waals surface area contributed by atoms with E-state index < -0.39 is 0 Å². The van der Waals surface area contributed by atoms with Crippen molar-refractivity contribution in [2.45, 2.75) is 56.8 Å². The maximum atomic E-state index is 5.88. The molecule has 0 atom stereocenters. The standard InChI is InChI=1S/C11H21NO2/c12-9(7-13-10-3-1-4-10)8-14-11-5-2-6-11/h9-11H,1-8,12H2. The van der Waals surface area contributed by atoms with E-state index in [0.29, 0.717) is 25.4 Å². The van der Waals surface area contributed by atoms with Crippen LogP contribution in [0.4, 0.5) is 0 Å². The van der Waals surface area contributed by atoms with Crippen molar-refractivity contribution in [2.75, 3.05) is 13.2 Å². The van der Waals surface area contributed by atoms with Crippen LogP contribution in [0.2, 0.25) is 0 Å². The van der Waals surface area contributed by atoms with Crippen molar-refractivity contribution >= 4 is 0 Å². The van der Waals surface area contributed by atoms with Gasteiger partial charge in [0.2, 0.25) is 0 Å². The topological polar surface area (TPSA) is 44.5 Å². The van der Waals surface area contributed by atoms with Gasteiger partial charge in [0.05, 0.1) is 31.5 Å². The third-order valence-electron chi connectivity index (χ3n) is 3.20. The maximum absolute atomic E-state index is 5.88. The molecule has 2 saturated carbocycles. The highest BCUT2D eigenvalue weighted by atomic mass is 16.5. The van der Waals surface area contributed by atoms with Gasteiger partial charge >= 0.3 is 0 Å². The fraction of sp³-hybridized carbons (Fsp3) is 1.00. The molecule has 14 heavy (non-hydrogen) atoms. The van der Waals surface area contributed by atoms with E-state index >= 15 is 0 Å². The van der Waals surface area contributed by atoms with Crippen LogP contribution in [0, 0.1) is 0 Å². The highest BCUT2D eigenvalue weighted by Gasteiger charge is 2.21. The molecule has 0 aromatic rings. The van der Waals surface area contributed by atoms with Crippen LogP contribution in [0.5, 0.6) is 0 Å². The molecule has 2 aliphatic rings. The maximum Gasteiger partial charge on any atom is 0.0643 e. The number of hydrogen-bond acceptors (Lipinski definition) is 3. The Labute approximate surface area is 85.9 Å². The third kappa shape index (κ3) is 2.94. The lowest BCUT2D eigenvalue weighted by Crippen LogP contribution is -2.37. The van der Waals surface area contributed by atoms with Gasteiger partial charge in [-0.25, -0.2) is 0 Å². The summed E-state index contributed by atoms with van der Waals surface area (Å²) in [5.41, 5.74) is 5.88. The van der Waals surface area contributed by atoms with Gasteiger partial charge in [-0.1, -0.05) is 0 Å². The number of nitrogens with two attached hydrogens (primary N) is 1. The van der Waals surface area contributed by atoms with Crippen LogP contribution >= 0.6 is 0 Å². The van der Waals surface area contributed by atoms with Gasteiger partial charge in [0.15, 0.2) is 0 Å². The van der Waals surface area contributed by atoms with Crippen molar-refractivity contribution in [1.29, 1.82) is 0 Å². The lowest BCUT2D eigenvalue weighted by Gasteiger charge is -2.29. The second kappa shape index (κ2) is 5.10. The molecule has 82 valence electrons. The minimum atomic E-state index is 0.0659. The van der Waals surface area contributed by atoms with E-state index in [4.69, 9.17) is 15.2 Å². The average Bonchev–Trinajstić information content (AvgIpc) is 1.98. The molecule has 2 rings (SSSR count). The molecule has 3 nitrogen and oxygen atoms in total. The van der Waals surface area contributed by atoms with Crippen LogP contribution in [0.3, 0.4) is 0 Å². The molecule has 0 unspecified atom stereocenters. The molecule has 0 saturated heterocycles. The van der Waals surface area contributed by atoms with Gasteiger partial charge < -0.3 is 15.2 Å². The van der Waals surface area contributed by atoms with Gasteiger partial charge in [0.25, 0.3) is 0 Å². The second-order valence-corrected chi connectivity index (χ2v) is 4.53. The Balaban J connectivity index is 1.47. The molecule has 2 aliphatic carbocycles. The molecule has 2 N–H and O–H groups in total. The van der Waals surface area contributed by atoms with Gasteiger partial charge in [-0.15, -0.1) is 0 Å². The Bertz CT molecular complexity index is 149. The molecular formula is C11H21NO2. The average molecular weight is 199 g/mol. The highest BCUT2D eigenvalue weighted by molar-refractivity contribution is 4.73. The summed E-state index contributed by atoms with van der Waals surface area (Å²) in [4.78, 5) is 0. The van der Waals surface area contributed by atoms with Crippen molar-refractivity contribution in [3.63, 3.8) is 0 Å². The normalized spacial score (nSPS) is 23.6. The van der Waals surface area contributed by atoms with Gasteiger partial charge in [0, 0.05) is 0 Å². The Morgan fingerprint density at radius 2 is 1.36 bits per heavy atom. The first-order chi connectivity index (χ1) is 6.84. The Morgan fingerprint density at radius 3 is 1.64 bits per heavy atom. The van der Waals surface area contributed by atoms with E-state index in [1.54, 1.807) is 0 Å². The zero-order chi connectivity index (χ0) is 9.80. The van der Waals surface area contributed by atoms with Crippen LogP contribution in [-0.4, -0.2) is 31.5 Å². The van der Waals surface area contributed by atoms with Crippen molar-refractivity contribution in [2.24, 2.45) is 5.73 Å². The van der Waals surface area contributed by atoms with Crippen LogP contribution in [-0.2, 0) is 9.47 Å². The largest absolute Gasteiger partial charge is 0.377 e. The molecule has 0 aromatic heterocycles. The SMILES string of the molecule is NC(COC1CCC1)COC1CCC1. The smallest absolute Gasteiger partial charge is 0.0643 e. The molecule has 0 spiro atoms. The third-order valence-corrected chi connectivity index (χ3v) is 3.20. The van der Waals surface area contributed by atoms with Crippen molar-refractivity contribution in [3.8, 4) is 0 Å². The molecular weight excluding hydrogens is 178 g/mol. The summed E-state index contributed by atoms with van der Waals surface area (Å²) in [5, 5.41) is 0. The summed E-state index contributed by atoms with van der Waals surface area (Å²) in [6, 6.07) is 0.0659. The van der Waals surface area contributed by atoms with E-state index in [2.05, 4.69) is 0 Å². The quantitative estimate of drug-likeness (QED) is 0.704. The van der Waals surface area contributed by atoms with E-state index in [1.807, 2.05) is 0 Å². The molecule has 0 aromatic carbocycles. The van der Waals surface area contributed by atoms with E-state index in [-0.39, 0.29) is 6.04 Å². The van der Waals surface area contributed by atoms with Gasteiger partial charge in [-0.3, -0.25) is 0 Å². The number of hydrogen-bond donors (Lipinski definition) is 1. The summed E-state index contributed by atoms with van der Waals surface area (Å²) in [6.07, 6.45) is 8.49. The number of ether oxygens (including phenoxy) is 2. The Morgan fingerprint density at radius 1 is 0.929 bits per heavy atom. The fourth-order valence-electron chi connectivity index (χ4n) is 1.64. The predicted octanol–water partition coefficient (Wildman–Crippen LogP) is 1.45. The lowest BCUT2D eigenvalue weighted by atomic mass is 9.96. The van der Waals surface area contributed by atoms with Gasteiger partial charge in [0.1, 0.15) is 0 Å². The van der Waals surface area contributed by atoms with Crippen molar-refractivity contribution < 1.29 is 9.47 Å². The zero-order valence-corrected chi connectivity index (χ0v) is 8.78. The Kier molecular flexibility index (Phi) is 3.79. The lowest BCUT2D eigenvalue weighted by molar-refractivity contribution is -0.0407. The molecule has 2 fully saturated rings. The molecule has 0 radical (unpaired) electrons. The molecule has 0 bridgehead atoms.